The van der Waals surface area contributed by atoms with Crippen molar-refractivity contribution in [1.82, 2.24) is 5.32 Å². The average Bonchev–Trinajstić information content (AvgIpc) is 2.32. The molecule has 0 bridgehead atoms. The van der Waals surface area contributed by atoms with Crippen LogP contribution < -0.4 is 5.32 Å². The lowest BCUT2D eigenvalue weighted by molar-refractivity contribution is -0.121. The quantitative estimate of drug-likeness (QED) is 0.542. The van der Waals surface area contributed by atoms with Crippen molar-refractivity contribution in [3.8, 4) is 0 Å². The number of carbonyl (C=O) groups is 1. The van der Waals surface area contributed by atoms with Gasteiger partial charge in [0, 0.05) is 6.04 Å². The third-order valence-electron chi connectivity index (χ3n) is 2.56. The fraction of sp³-hybridized carbons (Fsp3) is 0.900. The predicted octanol–water partition coefficient (Wildman–Crippen LogP) is 2.45. The van der Waals surface area contributed by atoms with Crippen LogP contribution in [0.1, 0.15) is 45.4 Å². The maximum Gasteiger partial charge on any atom is 0.237 e. The highest BCUT2D eigenvalue weighted by atomic mass is 35.5. The Morgan fingerprint density at radius 1 is 1.31 bits per heavy atom. The summed E-state index contributed by atoms with van der Waals surface area (Å²) < 4.78 is 0. The van der Waals surface area contributed by atoms with E-state index in [1.165, 1.54) is 25.7 Å². The van der Waals surface area contributed by atoms with Crippen molar-refractivity contribution in [1.29, 1.82) is 0 Å². The lowest BCUT2D eigenvalue weighted by Gasteiger charge is -2.16. The molecule has 0 radical (unpaired) electrons. The molecule has 1 N–H and O–H groups in total. The van der Waals surface area contributed by atoms with Crippen molar-refractivity contribution < 1.29 is 4.79 Å². The lowest BCUT2D eigenvalue weighted by atomic mass is 10.1. The van der Waals surface area contributed by atoms with Crippen LogP contribution in [0, 0.1) is 0 Å². The third kappa shape index (κ3) is 3.99. The van der Waals surface area contributed by atoms with Gasteiger partial charge in [-0.1, -0.05) is 25.7 Å². The van der Waals surface area contributed by atoms with Gasteiger partial charge < -0.3 is 5.32 Å². The molecule has 0 saturated heterocycles. The topological polar surface area (TPSA) is 29.1 Å². The molecule has 1 unspecified atom stereocenters. The molecule has 0 aromatic rings. The molecule has 1 amide bonds. The summed E-state index contributed by atoms with van der Waals surface area (Å²) in [4.78, 5) is 11.3. The van der Waals surface area contributed by atoms with Crippen molar-refractivity contribution in [2.75, 3.05) is 0 Å². The number of carbonyl (C=O) groups excluding carboxylic acids is 1. The number of rotatable bonds is 2. The third-order valence-corrected chi connectivity index (χ3v) is 2.76. The zero-order chi connectivity index (χ0) is 9.68. The Kier molecular flexibility index (Phi) is 4.57. The highest BCUT2D eigenvalue weighted by Crippen LogP contribution is 2.17. The van der Waals surface area contributed by atoms with Gasteiger partial charge in [-0.15, -0.1) is 11.6 Å². The molecule has 3 heteroatoms. The minimum atomic E-state index is -0.400. The first kappa shape index (κ1) is 10.8. The van der Waals surface area contributed by atoms with Gasteiger partial charge in [0.2, 0.25) is 5.91 Å². The van der Waals surface area contributed by atoms with E-state index in [4.69, 9.17) is 11.6 Å². The second kappa shape index (κ2) is 5.48. The molecule has 13 heavy (non-hydrogen) atoms. The smallest absolute Gasteiger partial charge is 0.237 e. The van der Waals surface area contributed by atoms with E-state index in [-0.39, 0.29) is 5.91 Å². The predicted molar refractivity (Wildman–Crippen MR) is 54.9 cm³/mol. The largest absolute Gasteiger partial charge is 0.352 e. The van der Waals surface area contributed by atoms with Crippen molar-refractivity contribution in [2.24, 2.45) is 0 Å². The standard InChI is InChI=1S/C10H18ClNO/c1-8(11)10(13)12-9-6-4-2-3-5-7-9/h8-9H,2-7H2,1H3,(H,12,13). The summed E-state index contributed by atoms with van der Waals surface area (Å²) in [5, 5.41) is 2.59. The molecule has 1 saturated carbocycles. The molecule has 2 nitrogen and oxygen atoms in total. The molecule has 1 fully saturated rings. The Labute approximate surface area is 85.0 Å². The fourth-order valence-electron chi connectivity index (χ4n) is 1.74. The van der Waals surface area contributed by atoms with Crippen molar-refractivity contribution in [3.05, 3.63) is 0 Å². The summed E-state index contributed by atoms with van der Waals surface area (Å²) in [6.45, 7) is 1.72. The van der Waals surface area contributed by atoms with E-state index >= 15 is 0 Å². The van der Waals surface area contributed by atoms with E-state index in [2.05, 4.69) is 5.32 Å². The van der Waals surface area contributed by atoms with Crippen LogP contribution in [0.4, 0.5) is 0 Å². The van der Waals surface area contributed by atoms with E-state index in [1.54, 1.807) is 6.92 Å². The zero-order valence-electron chi connectivity index (χ0n) is 8.18. The van der Waals surface area contributed by atoms with Crippen LogP contribution in [0.2, 0.25) is 0 Å². The van der Waals surface area contributed by atoms with Crippen LogP contribution in [-0.2, 0) is 4.79 Å². The van der Waals surface area contributed by atoms with Gasteiger partial charge in [0.25, 0.3) is 0 Å². The number of hydrogen-bond acceptors (Lipinski definition) is 1. The first-order valence-corrected chi connectivity index (χ1v) is 5.58. The van der Waals surface area contributed by atoms with Crippen LogP contribution in [0.15, 0.2) is 0 Å². The highest BCUT2D eigenvalue weighted by molar-refractivity contribution is 6.30. The Bertz CT molecular complexity index is 162. The Morgan fingerprint density at radius 3 is 2.31 bits per heavy atom. The fourth-order valence-corrected chi connectivity index (χ4v) is 1.80. The maximum atomic E-state index is 11.3. The minimum Gasteiger partial charge on any atom is -0.352 e. The van der Waals surface area contributed by atoms with Gasteiger partial charge in [0.15, 0.2) is 0 Å². The van der Waals surface area contributed by atoms with Crippen molar-refractivity contribution >= 4 is 17.5 Å². The van der Waals surface area contributed by atoms with Crippen LogP contribution >= 0.6 is 11.6 Å². The number of alkyl halides is 1. The van der Waals surface area contributed by atoms with Gasteiger partial charge in [0.05, 0.1) is 0 Å². The van der Waals surface area contributed by atoms with Gasteiger partial charge in [0.1, 0.15) is 5.38 Å². The van der Waals surface area contributed by atoms with E-state index in [0.717, 1.165) is 12.8 Å². The van der Waals surface area contributed by atoms with Crippen molar-refractivity contribution in [3.63, 3.8) is 0 Å². The zero-order valence-corrected chi connectivity index (χ0v) is 8.94. The summed E-state index contributed by atoms with van der Waals surface area (Å²) in [7, 11) is 0. The molecular weight excluding hydrogens is 186 g/mol. The van der Waals surface area contributed by atoms with Crippen LogP contribution in [0.3, 0.4) is 0 Å². The second-order valence-electron chi connectivity index (χ2n) is 3.81. The Balaban J connectivity index is 2.29. The Morgan fingerprint density at radius 2 is 1.85 bits per heavy atom. The minimum absolute atomic E-state index is 0.0198. The SMILES string of the molecule is CC(Cl)C(=O)NC1CCCCCC1. The van der Waals surface area contributed by atoms with Gasteiger partial charge in [-0.25, -0.2) is 0 Å². The van der Waals surface area contributed by atoms with Crippen LogP contribution in [0.5, 0.6) is 0 Å². The first-order chi connectivity index (χ1) is 6.20. The molecule has 0 aromatic heterocycles. The molecule has 0 aromatic carbocycles. The molecule has 0 heterocycles. The molecule has 1 atom stereocenters. The van der Waals surface area contributed by atoms with Gasteiger partial charge in [-0.3, -0.25) is 4.79 Å². The van der Waals surface area contributed by atoms with Gasteiger partial charge >= 0.3 is 0 Å². The molecule has 76 valence electrons. The highest BCUT2D eigenvalue weighted by Gasteiger charge is 2.16. The Hall–Kier alpha value is -0.240. The number of amides is 1. The maximum absolute atomic E-state index is 11.3. The van der Waals surface area contributed by atoms with Gasteiger partial charge in [-0.2, -0.15) is 0 Å². The number of nitrogens with one attached hydrogen (secondary N) is 1. The van der Waals surface area contributed by atoms with Crippen LogP contribution in [-0.4, -0.2) is 17.3 Å². The molecular formula is C10H18ClNO. The van der Waals surface area contributed by atoms with E-state index in [1.807, 2.05) is 0 Å². The van der Waals surface area contributed by atoms with E-state index < -0.39 is 5.38 Å². The number of hydrogen-bond donors (Lipinski definition) is 1. The first-order valence-electron chi connectivity index (χ1n) is 5.14. The van der Waals surface area contributed by atoms with E-state index in [0.29, 0.717) is 6.04 Å². The van der Waals surface area contributed by atoms with Crippen molar-refractivity contribution in [2.45, 2.75) is 56.9 Å². The summed E-state index contributed by atoms with van der Waals surface area (Å²) in [6.07, 6.45) is 7.33. The molecule has 1 rings (SSSR count). The normalized spacial score (nSPS) is 22.0. The van der Waals surface area contributed by atoms with Gasteiger partial charge in [-0.05, 0) is 19.8 Å². The lowest BCUT2D eigenvalue weighted by Crippen LogP contribution is -2.38. The average molecular weight is 204 g/mol. The van der Waals surface area contributed by atoms with E-state index in [9.17, 15) is 4.79 Å². The summed E-state index contributed by atoms with van der Waals surface area (Å²) in [5.74, 6) is -0.0198. The summed E-state index contributed by atoms with van der Waals surface area (Å²) in [5.41, 5.74) is 0. The summed E-state index contributed by atoms with van der Waals surface area (Å²) >= 11 is 5.68. The molecule has 1 aliphatic rings. The molecule has 0 spiro atoms. The summed E-state index contributed by atoms with van der Waals surface area (Å²) in [6, 6.07) is 0.371. The molecule has 0 aliphatic heterocycles. The number of halogens is 1. The monoisotopic (exact) mass is 203 g/mol. The molecule has 1 aliphatic carbocycles. The second-order valence-corrected chi connectivity index (χ2v) is 4.47. The van der Waals surface area contributed by atoms with Crippen LogP contribution in [0.25, 0.3) is 0 Å².